The summed E-state index contributed by atoms with van der Waals surface area (Å²) < 4.78 is 4.84. The second-order valence-corrected chi connectivity index (χ2v) is 14.1. The summed E-state index contributed by atoms with van der Waals surface area (Å²) in [6.07, 6.45) is 29.9. The van der Waals surface area contributed by atoms with Crippen LogP contribution in [0.5, 0.6) is 0 Å². The Hall–Kier alpha value is -5.67. The standard InChI is InChI=1S/C47H39N3/c1-4-15-32(16-5-1)34-29-35(33-17-6-2-7-18-33)31-36(30-34)40-23-14-26-45(48-40)50-42-25-13-11-22-39(42)47-44(50)28-27-43-46(47)38-21-10-12-24-41(38)49(43)37-19-8-3-9-20-37/h1,3-6,8-13,15,17-22,24-29,31-32,34H,2,7,14,16,23,30H2. The van der Waals surface area contributed by atoms with Gasteiger partial charge in [0.05, 0.1) is 22.1 Å². The molecule has 3 heterocycles. The van der Waals surface area contributed by atoms with Crippen LogP contribution in [0.3, 0.4) is 0 Å². The number of aromatic nitrogens is 2. The minimum absolute atomic E-state index is 0.461. The fraction of sp³-hybridized carbons (Fsp3) is 0.170. The molecular weight excluding hydrogens is 607 g/mol. The van der Waals surface area contributed by atoms with Crippen LogP contribution in [0.1, 0.15) is 38.5 Å². The third kappa shape index (κ3) is 4.75. The van der Waals surface area contributed by atoms with Crippen molar-refractivity contribution in [3.05, 3.63) is 168 Å². The van der Waals surface area contributed by atoms with Gasteiger partial charge in [0.25, 0.3) is 0 Å². The van der Waals surface area contributed by atoms with Crippen LogP contribution >= 0.6 is 0 Å². The van der Waals surface area contributed by atoms with Gasteiger partial charge in [-0.25, -0.2) is 4.99 Å². The Morgan fingerprint density at radius 1 is 0.600 bits per heavy atom. The highest BCUT2D eigenvalue weighted by molar-refractivity contribution is 6.29. The van der Waals surface area contributed by atoms with Gasteiger partial charge in [-0.2, -0.15) is 0 Å². The SMILES string of the molecule is C1=CCC(C2C=C(C3=CCCC=C3)C=C(C3=NC(n4c5ccccc5c5c6c7ccccc7n(-c7ccccc7)c6ccc54)=CCC3)C2)C=C1. The molecule has 0 N–H and O–H groups in total. The number of nitrogens with zero attached hydrogens (tertiary/aromatic N) is 3. The van der Waals surface area contributed by atoms with Crippen molar-refractivity contribution in [3.8, 4) is 5.69 Å². The van der Waals surface area contributed by atoms with Crippen molar-refractivity contribution in [2.45, 2.75) is 38.5 Å². The lowest BCUT2D eigenvalue weighted by Crippen LogP contribution is -2.20. The van der Waals surface area contributed by atoms with E-state index in [4.69, 9.17) is 4.99 Å². The van der Waals surface area contributed by atoms with Crippen LogP contribution in [0.2, 0.25) is 0 Å². The fourth-order valence-corrected chi connectivity index (χ4v) is 8.81. The first kappa shape index (κ1) is 29.3. The zero-order valence-corrected chi connectivity index (χ0v) is 28.2. The minimum Gasteiger partial charge on any atom is -0.309 e. The van der Waals surface area contributed by atoms with E-state index in [2.05, 4.69) is 161 Å². The lowest BCUT2D eigenvalue weighted by molar-refractivity contribution is 0.471. The van der Waals surface area contributed by atoms with Crippen molar-refractivity contribution in [3.63, 3.8) is 0 Å². The Bertz CT molecular complexity index is 2590. The first-order chi connectivity index (χ1) is 24.8. The molecular formula is C47H39N3. The van der Waals surface area contributed by atoms with Gasteiger partial charge in [0.2, 0.25) is 0 Å². The van der Waals surface area contributed by atoms with Crippen molar-refractivity contribution in [2.24, 2.45) is 16.8 Å². The number of benzene rings is 4. The Labute approximate surface area is 292 Å². The van der Waals surface area contributed by atoms with E-state index < -0.39 is 0 Å². The molecule has 4 aliphatic rings. The lowest BCUT2D eigenvalue weighted by Gasteiger charge is -2.30. The van der Waals surface area contributed by atoms with Crippen molar-refractivity contribution in [1.29, 1.82) is 0 Å². The molecule has 10 rings (SSSR count). The largest absolute Gasteiger partial charge is 0.309 e. The summed E-state index contributed by atoms with van der Waals surface area (Å²) in [6, 6.07) is 33.1. The van der Waals surface area contributed by atoms with Crippen LogP contribution in [0.4, 0.5) is 0 Å². The molecule has 2 aromatic heterocycles. The van der Waals surface area contributed by atoms with Crippen LogP contribution in [0.25, 0.3) is 55.1 Å². The third-order valence-corrected chi connectivity index (χ3v) is 11.1. The summed E-state index contributed by atoms with van der Waals surface area (Å²) in [5.74, 6) is 2.01. The summed E-state index contributed by atoms with van der Waals surface area (Å²) in [5, 5.41) is 5.13. The molecule has 50 heavy (non-hydrogen) atoms. The van der Waals surface area contributed by atoms with Crippen molar-refractivity contribution >= 4 is 55.1 Å². The molecule has 242 valence electrons. The molecule has 1 aliphatic heterocycles. The molecule has 3 heteroatoms. The average Bonchev–Trinajstić information content (AvgIpc) is 3.72. The number of aliphatic imine (C=N–C) groups is 1. The van der Waals surface area contributed by atoms with Gasteiger partial charge in [-0.1, -0.05) is 103 Å². The summed E-state index contributed by atoms with van der Waals surface area (Å²) in [6.45, 7) is 0. The third-order valence-electron chi connectivity index (χ3n) is 11.1. The smallest absolute Gasteiger partial charge is 0.133 e. The first-order valence-electron chi connectivity index (χ1n) is 18.2. The lowest BCUT2D eigenvalue weighted by atomic mass is 9.76. The van der Waals surface area contributed by atoms with E-state index in [9.17, 15) is 0 Å². The number of hydrogen-bond donors (Lipinski definition) is 0. The molecule has 0 bridgehead atoms. The van der Waals surface area contributed by atoms with Crippen LogP contribution in [0.15, 0.2) is 173 Å². The maximum Gasteiger partial charge on any atom is 0.133 e. The Morgan fingerprint density at radius 2 is 1.34 bits per heavy atom. The van der Waals surface area contributed by atoms with Gasteiger partial charge in [-0.3, -0.25) is 4.57 Å². The van der Waals surface area contributed by atoms with E-state index in [1.807, 2.05) is 0 Å². The molecule has 0 fully saturated rings. The van der Waals surface area contributed by atoms with Crippen LogP contribution in [0, 0.1) is 11.8 Å². The van der Waals surface area contributed by atoms with Crippen LogP contribution in [-0.2, 0) is 0 Å². The van der Waals surface area contributed by atoms with Gasteiger partial charge < -0.3 is 4.57 Å². The van der Waals surface area contributed by atoms with E-state index in [1.165, 1.54) is 71.7 Å². The van der Waals surface area contributed by atoms with Crippen molar-refractivity contribution in [2.75, 3.05) is 0 Å². The van der Waals surface area contributed by atoms with Crippen LogP contribution in [-0.4, -0.2) is 14.8 Å². The molecule has 3 nitrogen and oxygen atoms in total. The van der Waals surface area contributed by atoms with Crippen molar-refractivity contribution in [1.82, 2.24) is 9.13 Å². The summed E-state index contributed by atoms with van der Waals surface area (Å²) >= 11 is 0. The molecule has 0 radical (unpaired) electrons. The Kier molecular flexibility index (Phi) is 7.04. The normalized spacial score (nSPS) is 20.7. The first-order valence-corrected chi connectivity index (χ1v) is 18.2. The molecule has 4 aromatic carbocycles. The zero-order valence-electron chi connectivity index (χ0n) is 28.2. The zero-order chi connectivity index (χ0) is 33.0. The molecule has 2 atom stereocenters. The number of rotatable bonds is 5. The van der Waals surface area contributed by atoms with Gasteiger partial charge >= 0.3 is 0 Å². The highest BCUT2D eigenvalue weighted by Crippen LogP contribution is 2.43. The van der Waals surface area contributed by atoms with E-state index in [1.54, 1.807) is 0 Å². The van der Waals surface area contributed by atoms with Gasteiger partial charge in [0.1, 0.15) is 5.82 Å². The van der Waals surface area contributed by atoms with E-state index in [0.717, 1.165) is 44.3 Å². The van der Waals surface area contributed by atoms with E-state index in [-0.39, 0.29) is 0 Å². The molecule has 0 saturated carbocycles. The van der Waals surface area contributed by atoms with Gasteiger partial charge in [-0.15, -0.1) is 0 Å². The van der Waals surface area contributed by atoms with Crippen LogP contribution < -0.4 is 0 Å². The number of fused-ring (bicyclic) bond motifs is 7. The fourth-order valence-electron chi connectivity index (χ4n) is 8.81. The highest BCUT2D eigenvalue weighted by atomic mass is 15.1. The second kappa shape index (κ2) is 12.0. The average molecular weight is 646 g/mol. The van der Waals surface area contributed by atoms with Gasteiger partial charge in [0.15, 0.2) is 0 Å². The molecule has 3 aliphatic carbocycles. The maximum atomic E-state index is 5.57. The topological polar surface area (TPSA) is 22.2 Å². The molecule has 0 saturated heterocycles. The minimum atomic E-state index is 0.461. The van der Waals surface area contributed by atoms with E-state index >= 15 is 0 Å². The highest BCUT2D eigenvalue weighted by Gasteiger charge is 2.27. The molecule has 6 aromatic rings. The number of hydrogen-bond acceptors (Lipinski definition) is 1. The summed E-state index contributed by atoms with van der Waals surface area (Å²) in [5.41, 5.74) is 11.4. The quantitative estimate of drug-likeness (QED) is 0.178. The van der Waals surface area contributed by atoms with Crippen molar-refractivity contribution < 1.29 is 0 Å². The summed E-state index contributed by atoms with van der Waals surface area (Å²) in [4.78, 5) is 5.57. The number of allylic oxidation sites excluding steroid dienone is 13. The molecule has 2 unspecified atom stereocenters. The predicted octanol–water partition coefficient (Wildman–Crippen LogP) is 12.2. The predicted molar refractivity (Wildman–Crippen MR) is 212 cm³/mol. The Morgan fingerprint density at radius 3 is 2.08 bits per heavy atom. The maximum absolute atomic E-state index is 5.57. The molecule has 0 spiro atoms. The Balaban J connectivity index is 1.14. The second-order valence-electron chi connectivity index (χ2n) is 14.1. The number of para-hydroxylation sites is 3. The van der Waals surface area contributed by atoms with Gasteiger partial charge in [-0.05, 0) is 116 Å². The molecule has 0 amide bonds. The summed E-state index contributed by atoms with van der Waals surface area (Å²) in [7, 11) is 0. The monoisotopic (exact) mass is 645 g/mol. The van der Waals surface area contributed by atoms with Gasteiger partial charge in [0, 0.05) is 32.9 Å². The van der Waals surface area contributed by atoms with E-state index in [0.29, 0.717) is 11.8 Å².